The average molecular weight is 525 g/mol. The van der Waals surface area contributed by atoms with Crippen LogP contribution in [0.15, 0.2) is 72.8 Å². The molecule has 186 valence electrons. The molecule has 0 atom stereocenters. The van der Waals surface area contributed by atoms with Gasteiger partial charge in [-0.2, -0.15) is 41.3 Å². The lowest BCUT2D eigenvalue weighted by atomic mass is 10.1. The summed E-state index contributed by atoms with van der Waals surface area (Å²) in [5.41, 5.74) is -1.23. The van der Waals surface area contributed by atoms with Crippen molar-refractivity contribution in [1.82, 2.24) is 15.0 Å². The Labute approximate surface area is 205 Å². The van der Waals surface area contributed by atoms with E-state index in [2.05, 4.69) is 20.3 Å². The predicted molar refractivity (Wildman–Crippen MR) is 121 cm³/mol. The summed E-state index contributed by atoms with van der Waals surface area (Å²) in [5.74, 6) is -0.0668. The van der Waals surface area contributed by atoms with Gasteiger partial charge in [0.2, 0.25) is 5.95 Å². The van der Waals surface area contributed by atoms with Gasteiger partial charge in [-0.15, -0.1) is 0 Å². The molecule has 0 radical (unpaired) electrons. The summed E-state index contributed by atoms with van der Waals surface area (Å²) in [6.45, 7) is -0.499. The molecule has 0 unspecified atom stereocenters. The van der Waals surface area contributed by atoms with E-state index in [0.717, 1.165) is 18.2 Å². The Morgan fingerprint density at radius 3 is 2.08 bits per heavy atom. The third kappa shape index (κ3) is 6.03. The molecule has 12 heteroatoms. The highest BCUT2D eigenvalue weighted by atomic mass is 35.5. The maximum absolute atomic E-state index is 13.3. The maximum atomic E-state index is 13.3. The van der Waals surface area contributed by atoms with Gasteiger partial charge in [0.1, 0.15) is 6.61 Å². The standard InChI is InChI=1S/C24H15ClF6N4O/c25-19-8-4-2-6-17(19)20-33-21(32-16-11-9-15(10-12-16)23(26,27)28)35-22(34-20)36-13-14-5-1-3-7-18(14)24(29,30)31/h1-12H,13H2,(H,32,33,34,35). The zero-order valence-electron chi connectivity index (χ0n) is 18.0. The van der Waals surface area contributed by atoms with Crippen molar-refractivity contribution >= 4 is 23.2 Å². The van der Waals surface area contributed by atoms with Crippen molar-refractivity contribution in [3.63, 3.8) is 0 Å². The van der Waals surface area contributed by atoms with Crippen molar-refractivity contribution < 1.29 is 31.1 Å². The number of nitrogens with zero attached hydrogens (tertiary/aromatic N) is 3. The molecule has 0 aliphatic carbocycles. The Morgan fingerprint density at radius 2 is 1.42 bits per heavy atom. The lowest BCUT2D eigenvalue weighted by Crippen LogP contribution is -2.12. The van der Waals surface area contributed by atoms with Crippen LogP contribution < -0.4 is 10.1 Å². The van der Waals surface area contributed by atoms with Gasteiger partial charge in [0.25, 0.3) is 0 Å². The van der Waals surface area contributed by atoms with E-state index in [0.29, 0.717) is 5.56 Å². The first-order chi connectivity index (χ1) is 17.0. The molecule has 1 heterocycles. The number of halogens is 7. The first kappa shape index (κ1) is 25.2. The van der Waals surface area contributed by atoms with E-state index in [1.165, 1.54) is 30.3 Å². The first-order valence-corrected chi connectivity index (χ1v) is 10.6. The van der Waals surface area contributed by atoms with Crippen LogP contribution in [0.5, 0.6) is 6.01 Å². The molecular weight excluding hydrogens is 510 g/mol. The second kappa shape index (κ2) is 10.0. The molecule has 0 bridgehead atoms. The predicted octanol–water partition coefficient (Wildman–Crippen LogP) is 7.55. The van der Waals surface area contributed by atoms with Crippen LogP contribution in [-0.2, 0) is 19.0 Å². The molecule has 0 amide bonds. The minimum Gasteiger partial charge on any atom is -0.458 e. The van der Waals surface area contributed by atoms with E-state index < -0.39 is 30.1 Å². The van der Waals surface area contributed by atoms with E-state index in [9.17, 15) is 26.3 Å². The highest BCUT2D eigenvalue weighted by Gasteiger charge is 2.33. The van der Waals surface area contributed by atoms with Gasteiger partial charge in [-0.1, -0.05) is 41.9 Å². The van der Waals surface area contributed by atoms with E-state index in [1.54, 1.807) is 24.3 Å². The Hall–Kier alpha value is -3.86. The number of hydrogen-bond acceptors (Lipinski definition) is 5. The SMILES string of the molecule is FC(F)(F)c1ccc(Nc2nc(OCc3ccccc3C(F)(F)F)nc(-c3ccccc3Cl)n2)cc1. The number of nitrogens with one attached hydrogen (secondary N) is 1. The number of benzene rings is 3. The Kier molecular flexibility index (Phi) is 7.02. The summed E-state index contributed by atoms with van der Waals surface area (Å²) < 4.78 is 84.0. The Balaban J connectivity index is 1.66. The molecular formula is C24H15ClF6N4O. The van der Waals surface area contributed by atoms with Gasteiger partial charge < -0.3 is 10.1 Å². The quantitative estimate of drug-likeness (QED) is 0.264. The molecule has 1 N–H and O–H groups in total. The van der Waals surface area contributed by atoms with Gasteiger partial charge in [-0.05, 0) is 42.5 Å². The lowest BCUT2D eigenvalue weighted by Gasteiger charge is -2.14. The van der Waals surface area contributed by atoms with Crippen LogP contribution in [0, 0.1) is 0 Å². The molecule has 36 heavy (non-hydrogen) atoms. The molecule has 0 aliphatic rings. The molecule has 0 fully saturated rings. The smallest absolute Gasteiger partial charge is 0.416 e. The van der Waals surface area contributed by atoms with Crippen LogP contribution in [0.25, 0.3) is 11.4 Å². The van der Waals surface area contributed by atoms with Crippen molar-refractivity contribution in [2.24, 2.45) is 0 Å². The van der Waals surface area contributed by atoms with Gasteiger partial charge in [0, 0.05) is 16.8 Å². The van der Waals surface area contributed by atoms with Crippen LogP contribution in [0.3, 0.4) is 0 Å². The van der Waals surface area contributed by atoms with Gasteiger partial charge >= 0.3 is 18.4 Å². The minimum atomic E-state index is -4.59. The van der Waals surface area contributed by atoms with Crippen molar-refractivity contribution in [2.75, 3.05) is 5.32 Å². The first-order valence-electron chi connectivity index (χ1n) is 10.2. The highest BCUT2D eigenvalue weighted by molar-refractivity contribution is 6.33. The molecule has 0 saturated carbocycles. The summed E-state index contributed by atoms with van der Waals surface area (Å²) in [6.07, 6.45) is -9.09. The second-order valence-corrected chi connectivity index (χ2v) is 7.80. The normalized spacial score (nSPS) is 11.9. The topological polar surface area (TPSA) is 59.9 Å². The van der Waals surface area contributed by atoms with Gasteiger partial charge in [-0.25, -0.2) is 0 Å². The van der Waals surface area contributed by atoms with E-state index >= 15 is 0 Å². The average Bonchev–Trinajstić information content (AvgIpc) is 2.82. The molecule has 0 spiro atoms. The van der Waals surface area contributed by atoms with Crippen LogP contribution in [0.1, 0.15) is 16.7 Å². The molecule has 3 aromatic carbocycles. The zero-order chi connectivity index (χ0) is 25.9. The number of hydrogen-bond donors (Lipinski definition) is 1. The Bertz CT molecular complexity index is 1360. The van der Waals surface area contributed by atoms with Crippen molar-refractivity contribution in [3.05, 3.63) is 94.5 Å². The van der Waals surface area contributed by atoms with Crippen molar-refractivity contribution in [1.29, 1.82) is 0 Å². The van der Waals surface area contributed by atoms with E-state index in [-0.39, 0.29) is 34.1 Å². The van der Waals surface area contributed by atoms with E-state index in [4.69, 9.17) is 16.3 Å². The number of alkyl halides is 6. The maximum Gasteiger partial charge on any atom is 0.416 e. The van der Waals surface area contributed by atoms with Crippen LogP contribution >= 0.6 is 11.6 Å². The third-order valence-corrected chi connectivity index (χ3v) is 5.21. The molecule has 4 aromatic rings. The summed E-state index contributed by atoms with van der Waals surface area (Å²) >= 11 is 6.23. The number of ether oxygens (including phenoxy) is 1. The van der Waals surface area contributed by atoms with Gasteiger partial charge in [0.05, 0.1) is 16.1 Å². The minimum absolute atomic E-state index is 0.0455. The highest BCUT2D eigenvalue weighted by Crippen LogP contribution is 2.33. The van der Waals surface area contributed by atoms with Gasteiger partial charge in [0.15, 0.2) is 5.82 Å². The second-order valence-electron chi connectivity index (χ2n) is 7.39. The van der Waals surface area contributed by atoms with E-state index in [1.807, 2.05) is 0 Å². The fourth-order valence-electron chi connectivity index (χ4n) is 3.18. The molecule has 5 nitrogen and oxygen atoms in total. The third-order valence-electron chi connectivity index (χ3n) is 4.88. The lowest BCUT2D eigenvalue weighted by molar-refractivity contribution is -0.139. The molecule has 0 aliphatic heterocycles. The summed E-state index contributed by atoms with van der Waals surface area (Å²) in [7, 11) is 0. The van der Waals surface area contributed by atoms with Crippen LogP contribution in [0.4, 0.5) is 38.0 Å². The summed E-state index contributed by atoms with van der Waals surface area (Å²) in [6, 6.07) is 15.3. The van der Waals surface area contributed by atoms with Gasteiger partial charge in [-0.3, -0.25) is 0 Å². The Morgan fingerprint density at radius 1 is 0.750 bits per heavy atom. The largest absolute Gasteiger partial charge is 0.458 e. The zero-order valence-corrected chi connectivity index (χ0v) is 18.8. The van der Waals surface area contributed by atoms with Crippen LogP contribution in [-0.4, -0.2) is 15.0 Å². The van der Waals surface area contributed by atoms with Crippen molar-refractivity contribution in [3.8, 4) is 17.4 Å². The number of aromatic nitrogens is 3. The fourth-order valence-corrected chi connectivity index (χ4v) is 3.40. The fraction of sp³-hybridized carbons (Fsp3) is 0.125. The van der Waals surface area contributed by atoms with Crippen LogP contribution in [0.2, 0.25) is 5.02 Å². The molecule has 4 rings (SSSR count). The number of rotatable bonds is 6. The molecule has 0 saturated heterocycles. The summed E-state index contributed by atoms with van der Waals surface area (Å²) in [4.78, 5) is 12.5. The molecule has 1 aromatic heterocycles. The van der Waals surface area contributed by atoms with Crippen molar-refractivity contribution in [2.45, 2.75) is 19.0 Å². The number of anilines is 2. The monoisotopic (exact) mass is 524 g/mol. The summed E-state index contributed by atoms with van der Waals surface area (Å²) in [5, 5.41) is 3.04.